The van der Waals surface area contributed by atoms with Crippen molar-refractivity contribution in [1.29, 1.82) is 0 Å². The quantitative estimate of drug-likeness (QED) is 0.799. The minimum atomic E-state index is -3.09. The Morgan fingerprint density at radius 1 is 1.00 bits per heavy atom. The third-order valence-corrected chi connectivity index (χ3v) is 7.82. The summed E-state index contributed by atoms with van der Waals surface area (Å²) in [6.45, 7) is 2.95. The number of carbonyl (C=O) groups excluding carboxylic acids is 1. The van der Waals surface area contributed by atoms with Gasteiger partial charge in [-0.15, -0.1) is 0 Å². The highest BCUT2D eigenvalue weighted by Crippen LogP contribution is 2.29. The SMILES string of the molecule is NC(=O)C1CCN(C2CN(S(=O)(=O)CC3CCCCC3)C2)CC1. The number of amides is 1. The Hall–Kier alpha value is -0.660. The van der Waals surface area contributed by atoms with E-state index >= 15 is 0 Å². The van der Waals surface area contributed by atoms with Crippen LogP contribution in [-0.2, 0) is 14.8 Å². The molecule has 0 spiro atoms. The van der Waals surface area contributed by atoms with Crippen LogP contribution in [0.1, 0.15) is 44.9 Å². The molecule has 2 heterocycles. The van der Waals surface area contributed by atoms with E-state index in [0.717, 1.165) is 38.8 Å². The highest BCUT2D eigenvalue weighted by molar-refractivity contribution is 7.89. The molecule has 3 rings (SSSR count). The molecular formula is C16H29N3O3S. The van der Waals surface area contributed by atoms with Gasteiger partial charge >= 0.3 is 0 Å². The Morgan fingerprint density at radius 2 is 1.61 bits per heavy atom. The van der Waals surface area contributed by atoms with Crippen molar-refractivity contribution in [2.75, 3.05) is 31.9 Å². The molecule has 0 radical (unpaired) electrons. The van der Waals surface area contributed by atoms with E-state index < -0.39 is 10.0 Å². The zero-order valence-electron chi connectivity index (χ0n) is 13.8. The Balaban J connectivity index is 1.44. The van der Waals surface area contributed by atoms with Crippen molar-refractivity contribution in [1.82, 2.24) is 9.21 Å². The van der Waals surface area contributed by atoms with E-state index in [9.17, 15) is 13.2 Å². The van der Waals surface area contributed by atoms with Gasteiger partial charge in [0.15, 0.2) is 0 Å². The number of primary amides is 1. The Kier molecular flexibility index (Phi) is 5.28. The molecule has 7 heteroatoms. The predicted molar refractivity (Wildman–Crippen MR) is 89.2 cm³/mol. The van der Waals surface area contributed by atoms with Crippen molar-refractivity contribution in [2.45, 2.75) is 51.0 Å². The third kappa shape index (κ3) is 4.06. The van der Waals surface area contributed by atoms with Crippen LogP contribution in [0.4, 0.5) is 0 Å². The van der Waals surface area contributed by atoms with Gasteiger partial charge in [-0.25, -0.2) is 8.42 Å². The number of nitrogens with two attached hydrogens (primary N) is 1. The maximum absolute atomic E-state index is 12.5. The van der Waals surface area contributed by atoms with Crippen molar-refractivity contribution in [3.8, 4) is 0 Å². The predicted octanol–water partition coefficient (Wildman–Crippen LogP) is 0.778. The van der Waals surface area contributed by atoms with Gasteiger partial charge in [0.05, 0.1) is 5.75 Å². The van der Waals surface area contributed by atoms with E-state index in [4.69, 9.17) is 5.73 Å². The van der Waals surface area contributed by atoms with Gasteiger partial charge in [0.1, 0.15) is 0 Å². The first-order valence-electron chi connectivity index (χ1n) is 8.97. The molecule has 0 unspecified atom stereocenters. The molecule has 1 amide bonds. The van der Waals surface area contributed by atoms with E-state index in [1.807, 2.05) is 0 Å². The molecular weight excluding hydrogens is 314 g/mol. The first-order valence-corrected chi connectivity index (χ1v) is 10.6. The summed E-state index contributed by atoms with van der Waals surface area (Å²) in [4.78, 5) is 13.5. The fourth-order valence-corrected chi connectivity index (χ4v) is 6.12. The highest BCUT2D eigenvalue weighted by Gasteiger charge is 2.40. The summed E-state index contributed by atoms with van der Waals surface area (Å²) in [5, 5.41) is 0. The van der Waals surface area contributed by atoms with Crippen molar-refractivity contribution >= 4 is 15.9 Å². The third-order valence-electron chi connectivity index (χ3n) is 5.84. The van der Waals surface area contributed by atoms with Crippen LogP contribution < -0.4 is 5.73 Å². The fourth-order valence-electron chi connectivity index (χ4n) is 4.18. The number of rotatable bonds is 5. The van der Waals surface area contributed by atoms with Crippen molar-refractivity contribution < 1.29 is 13.2 Å². The molecule has 0 aromatic heterocycles. The van der Waals surface area contributed by atoms with Crippen molar-refractivity contribution in [2.24, 2.45) is 17.6 Å². The van der Waals surface area contributed by atoms with Gasteiger partial charge in [-0.05, 0) is 44.7 Å². The van der Waals surface area contributed by atoms with E-state index in [-0.39, 0.29) is 11.8 Å². The Labute approximate surface area is 139 Å². The molecule has 132 valence electrons. The smallest absolute Gasteiger partial charge is 0.220 e. The van der Waals surface area contributed by atoms with Gasteiger partial charge in [-0.2, -0.15) is 4.31 Å². The second-order valence-electron chi connectivity index (χ2n) is 7.47. The summed E-state index contributed by atoms with van der Waals surface area (Å²) in [6, 6.07) is 0.324. The summed E-state index contributed by atoms with van der Waals surface area (Å²) >= 11 is 0. The Bertz CT molecular complexity index is 517. The Morgan fingerprint density at radius 3 is 2.17 bits per heavy atom. The van der Waals surface area contributed by atoms with Crippen LogP contribution in [0.2, 0.25) is 0 Å². The molecule has 2 aliphatic heterocycles. The first-order chi connectivity index (χ1) is 11.0. The number of likely N-dealkylation sites (tertiary alicyclic amines) is 1. The second kappa shape index (κ2) is 7.07. The molecule has 3 aliphatic rings. The van der Waals surface area contributed by atoms with E-state index in [1.165, 1.54) is 19.3 Å². The molecule has 23 heavy (non-hydrogen) atoms. The molecule has 2 N–H and O–H groups in total. The van der Waals surface area contributed by atoms with Crippen LogP contribution in [0.5, 0.6) is 0 Å². The maximum Gasteiger partial charge on any atom is 0.220 e. The zero-order chi connectivity index (χ0) is 16.4. The maximum atomic E-state index is 12.5. The molecule has 1 saturated carbocycles. The van der Waals surface area contributed by atoms with Crippen LogP contribution in [0, 0.1) is 11.8 Å². The molecule has 0 aromatic rings. The average molecular weight is 343 g/mol. The van der Waals surface area contributed by atoms with Crippen molar-refractivity contribution in [3.63, 3.8) is 0 Å². The minimum Gasteiger partial charge on any atom is -0.369 e. The monoisotopic (exact) mass is 343 g/mol. The highest BCUT2D eigenvalue weighted by atomic mass is 32.2. The molecule has 3 fully saturated rings. The lowest BCUT2D eigenvalue weighted by molar-refractivity contribution is -0.123. The van der Waals surface area contributed by atoms with Gasteiger partial charge < -0.3 is 5.73 Å². The standard InChI is InChI=1S/C16H29N3O3S/c17-16(20)14-6-8-18(9-7-14)15-10-19(11-15)23(21,22)12-13-4-2-1-3-5-13/h13-15H,1-12H2,(H2,17,20). The largest absolute Gasteiger partial charge is 0.369 e. The van der Waals surface area contributed by atoms with Gasteiger partial charge in [-0.1, -0.05) is 19.3 Å². The lowest BCUT2D eigenvalue weighted by Crippen LogP contribution is -2.62. The summed E-state index contributed by atoms with van der Waals surface area (Å²) in [5.74, 6) is 0.496. The lowest BCUT2D eigenvalue weighted by atomic mass is 9.91. The van der Waals surface area contributed by atoms with E-state index in [2.05, 4.69) is 4.90 Å². The summed E-state index contributed by atoms with van der Waals surface area (Å²) in [5.41, 5.74) is 5.36. The van der Waals surface area contributed by atoms with Crippen LogP contribution in [-0.4, -0.2) is 61.5 Å². The van der Waals surface area contributed by atoms with Crippen molar-refractivity contribution in [3.05, 3.63) is 0 Å². The lowest BCUT2D eigenvalue weighted by Gasteiger charge is -2.46. The van der Waals surface area contributed by atoms with Crippen LogP contribution in [0.15, 0.2) is 0 Å². The number of carbonyl (C=O) groups is 1. The molecule has 0 atom stereocenters. The van der Waals surface area contributed by atoms with Crippen LogP contribution >= 0.6 is 0 Å². The minimum absolute atomic E-state index is 0.00235. The zero-order valence-corrected chi connectivity index (χ0v) is 14.6. The number of hydrogen-bond donors (Lipinski definition) is 1. The average Bonchev–Trinajstić information content (AvgIpc) is 2.46. The molecule has 0 aromatic carbocycles. The first kappa shape index (κ1) is 17.2. The second-order valence-corrected chi connectivity index (χ2v) is 9.48. The van der Waals surface area contributed by atoms with E-state index in [0.29, 0.717) is 30.8 Å². The van der Waals surface area contributed by atoms with Crippen LogP contribution in [0.3, 0.4) is 0 Å². The van der Waals surface area contributed by atoms with E-state index in [1.54, 1.807) is 4.31 Å². The number of sulfonamides is 1. The summed E-state index contributed by atoms with van der Waals surface area (Å²) < 4.78 is 26.7. The van der Waals surface area contributed by atoms with Gasteiger partial charge in [0.2, 0.25) is 15.9 Å². The molecule has 2 saturated heterocycles. The molecule has 0 bridgehead atoms. The fraction of sp³-hybridized carbons (Fsp3) is 0.938. The number of nitrogens with zero attached hydrogens (tertiary/aromatic N) is 2. The normalized spacial score (nSPS) is 27.0. The number of piperidine rings is 1. The molecule has 6 nitrogen and oxygen atoms in total. The number of hydrogen-bond acceptors (Lipinski definition) is 4. The van der Waals surface area contributed by atoms with Crippen LogP contribution in [0.25, 0.3) is 0 Å². The summed E-state index contributed by atoms with van der Waals surface area (Å²) in [7, 11) is -3.09. The van der Waals surface area contributed by atoms with Gasteiger partial charge in [0, 0.05) is 25.0 Å². The molecule has 1 aliphatic carbocycles. The summed E-state index contributed by atoms with van der Waals surface area (Å²) in [6.07, 6.45) is 7.36. The van der Waals surface area contributed by atoms with Gasteiger partial charge in [0.25, 0.3) is 0 Å². The topological polar surface area (TPSA) is 83.7 Å². The van der Waals surface area contributed by atoms with Gasteiger partial charge in [-0.3, -0.25) is 9.69 Å².